The fraction of sp³-hybridized carbons (Fsp3) is 0.647. The molecule has 2 rings (SSSR count). The standard InChI is InChI=1S/C17H27NO2/c1-17(2)10-6-5-7-14(17)16(18)13-11-12(19-3)8-9-15(13)20-4/h8-9,11,14,16H,5-7,10,18H2,1-4H3. The molecule has 0 heterocycles. The average Bonchev–Trinajstić information content (AvgIpc) is 2.45. The van der Waals surface area contributed by atoms with Crippen molar-refractivity contribution < 1.29 is 9.47 Å². The van der Waals surface area contributed by atoms with Crippen molar-refractivity contribution in [3.8, 4) is 11.5 Å². The van der Waals surface area contributed by atoms with Gasteiger partial charge in [0.15, 0.2) is 0 Å². The molecule has 0 saturated heterocycles. The first-order valence-corrected chi connectivity index (χ1v) is 7.47. The Kier molecular flexibility index (Phi) is 4.59. The molecule has 0 aliphatic heterocycles. The van der Waals surface area contributed by atoms with Gasteiger partial charge in [0.25, 0.3) is 0 Å². The molecule has 3 nitrogen and oxygen atoms in total. The van der Waals surface area contributed by atoms with E-state index in [2.05, 4.69) is 13.8 Å². The molecule has 0 aromatic heterocycles. The zero-order valence-electron chi connectivity index (χ0n) is 13.1. The third-order valence-corrected chi connectivity index (χ3v) is 4.82. The minimum Gasteiger partial charge on any atom is -0.497 e. The van der Waals surface area contributed by atoms with Crippen LogP contribution in [0.1, 0.15) is 51.1 Å². The van der Waals surface area contributed by atoms with Gasteiger partial charge in [-0.25, -0.2) is 0 Å². The van der Waals surface area contributed by atoms with Crippen LogP contribution in [0.5, 0.6) is 11.5 Å². The minimum absolute atomic E-state index is 0.00431. The lowest BCUT2D eigenvalue weighted by Crippen LogP contribution is -2.36. The van der Waals surface area contributed by atoms with E-state index >= 15 is 0 Å². The van der Waals surface area contributed by atoms with Crippen molar-refractivity contribution in [2.75, 3.05) is 14.2 Å². The van der Waals surface area contributed by atoms with Gasteiger partial charge in [-0.2, -0.15) is 0 Å². The number of rotatable bonds is 4. The molecule has 1 saturated carbocycles. The van der Waals surface area contributed by atoms with Crippen molar-refractivity contribution in [2.24, 2.45) is 17.1 Å². The van der Waals surface area contributed by atoms with Crippen LogP contribution in [0.2, 0.25) is 0 Å². The van der Waals surface area contributed by atoms with E-state index in [0.29, 0.717) is 5.92 Å². The Morgan fingerprint density at radius 1 is 1.20 bits per heavy atom. The van der Waals surface area contributed by atoms with Crippen molar-refractivity contribution in [3.05, 3.63) is 23.8 Å². The summed E-state index contributed by atoms with van der Waals surface area (Å²) in [4.78, 5) is 0. The molecule has 0 radical (unpaired) electrons. The summed E-state index contributed by atoms with van der Waals surface area (Å²) in [5, 5.41) is 0. The maximum absolute atomic E-state index is 6.61. The molecule has 3 heteroatoms. The van der Waals surface area contributed by atoms with Gasteiger partial charge in [-0.1, -0.05) is 26.7 Å². The molecule has 112 valence electrons. The molecule has 0 bridgehead atoms. The number of nitrogens with two attached hydrogens (primary N) is 1. The quantitative estimate of drug-likeness (QED) is 0.907. The van der Waals surface area contributed by atoms with Crippen molar-refractivity contribution in [1.29, 1.82) is 0 Å². The Bertz CT molecular complexity index is 456. The van der Waals surface area contributed by atoms with Gasteiger partial charge >= 0.3 is 0 Å². The number of methoxy groups -OCH3 is 2. The van der Waals surface area contributed by atoms with E-state index in [9.17, 15) is 0 Å². The molecule has 20 heavy (non-hydrogen) atoms. The lowest BCUT2D eigenvalue weighted by molar-refractivity contribution is 0.111. The molecule has 2 N–H and O–H groups in total. The highest BCUT2D eigenvalue weighted by atomic mass is 16.5. The first-order valence-electron chi connectivity index (χ1n) is 7.47. The van der Waals surface area contributed by atoms with E-state index in [4.69, 9.17) is 15.2 Å². The summed E-state index contributed by atoms with van der Waals surface area (Å²) in [7, 11) is 3.38. The summed E-state index contributed by atoms with van der Waals surface area (Å²) in [5.41, 5.74) is 7.96. The van der Waals surface area contributed by atoms with Crippen LogP contribution in [-0.2, 0) is 0 Å². The molecular weight excluding hydrogens is 250 g/mol. The summed E-state index contributed by atoms with van der Waals surface area (Å²) in [6.45, 7) is 4.67. The molecule has 0 spiro atoms. The highest BCUT2D eigenvalue weighted by Crippen LogP contribution is 2.47. The van der Waals surface area contributed by atoms with Crippen LogP contribution in [0.3, 0.4) is 0 Å². The van der Waals surface area contributed by atoms with E-state index in [-0.39, 0.29) is 11.5 Å². The SMILES string of the molecule is COc1ccc(OC)c(C(N)C2CCCCC2(C)C)c1. The number of benzene rings is 1. The highest BCUT2D eigenvalue weighted by Gasteiger charge is 2.37. The van der Waals surface area contributed by atoms with Gasteiger partial charge in [0.2, 0.25) is 0 Å². The maximum Gasteiger partial charge on any atom is 0.123 e. The smallest absolute Gasteiger partial charge is 0.123 e. The molecule has 2 unspecified atom stereocenters. The van der Waals surface area contributed by atoms with Crippen LogP contribution in [0.4, 0.5) is 0 Å². The van der Waals surface area contributed by atoms with Crippen molar-refractivity contribution >= 4 is 0 Å². The van der Waals surface area contributed by atoms with Crippen LogP contribution in [0, 0.1) is 11.3 Å². The van der Waals surface area contributed by atoms with Gasteiger partial charge in [0.1, 0.15) is 11.5 Å². The van der Waals surface area contributed by atoms with E-state index in [1.807, 2.05) is 18.2 Å². The fourth-order valence-electron chi connectivity index (χ4n) is 3.50. The highest BCUT2D eigenvalue weighted by molar-refractivity contribution is 5.42. The molecule has 2 atom stereocenters. The summed E-state index contributed by atoms with van der Waals surface area (Å²) in [6, 6.07) is 5.88. The first-order chi connectivity index (χ1) is 9.49. The van der Waals surface area contributed by atoms with Crippen LogP contribution < -0.4 is 15.2 Å². The normalized spacial score (nSPS) is 23.1. The van der Waals surface area contributed by atoms with Gasteiger partial charge in [0, 0.05) is 11.6 Å². The van der Waals surface area contributed by atoms with Gasteiger partial charge < -0.3 is 15.2 Å². The van der Waals surface area contributed by atoms with Crippen LogP contribution in [0.25, 0.3) is 0 Å². The zero-order chi connectivity index (χ0) is 14.8. The van der Waals surface area contributed by atoms with E-state index in [1.165, 1.54) is 25.7 Å². The first kappa shape index (κ1) is 15.2. The van der Waals surface area contributed by atoms with Crippen molar-refractivity contribution in [2.45, 2.75) is 45.6 Å². The summed E-state index contributed by atoms with van der Waals surface area (Å²) in [6.07, 6.45) is 5.02. The molecule has 1 aromatic rings. The Hall–Kier alpha value is -1.22. The van der Waals surface area contributed by atoms with E-state index < -0.39 is 0 Å². The predicted octanol–water partition coefficient (Wildman–Crippen LogP) is 3.92. The third kappa shape index (κ3) is 2.93. The molecule has 1 fully saturated rings. The lowest BCUT2D eigenvalue weighted by atomic mass is 9.65. The van der Waals surface area contributed by atoms with Gasteiger partial charge in [-0.3, -0.25) is 0 Å². The second kappa shape index (κ2) is 6.04. The van der Waals surface area contributed by atoms with E-state index in [1.54, 1.807) is 14.2 Å². The molecule has 1 aliphatic carbocycles. The second-order valence-electron chi connectivity index (χ2n) is 6.47. The van der Waals surface area contributed by atoms with Crippen molar-refractivity contribution in [3.63, 3.8) is 0 Å². The summed E-state index contributed by atoms with van der Waals surface area (Å²) < 4.78 is 10.8. The number of hydrogen-bond donors (Lipinski definition) is 1. The van der Waals surface area contributed by atoms with Gasteiger partial charge in [-0.05, 0) is 42.4 Å². The minimum atomic E-state index is -0.00431. The number of ether oxygens (including phenoxy) is 2. The Labute approximate surface area is 122 Å². The Morgan fingerprint density at radius 3 is 2.55 bits per heavy atom. The van der Waals surface area contributed by atoms with Gasteiger partial charge in [0.05, 0.1) is 14.2 Å². The Balaban J connectivity index is 2.33. The fourth-order valence-corrected chi connectivity index (χ4v) is 3.50. The van der Waals surface area contributed by atoms with Crippen LogP contribution >= 0.6 is 0 Å². The topological polar surface area (TPSA) is 44.5 Å². The number of hydrogen-bond acceptors (Lipinski definition) is 3. The average molecular weight is 277 g/mol. The summed E-state index contributed by atoms with van der Waals surface area (Å²) >= 11 is 0. The predicted molar refractivity (Wildman–Crippen MR) is 82.2 cm³/mol. The molecule has 0 amide bonds. The Morgan fingerprint density at radius 2 is 1.95 bits per heavy atom. The van der Waals surface area contributed by atoms with Crippen LogP contribution in [0.15, 0.2) is 18.2 Å². The maximum atomic E-state index is 6.61. The monoisotopic (exact) mass is 277 g/mol. The molecule has 1 aromatic carbocycles. The van der Waals surface area contributed by atoms with Crippen LogP contribution in [-0.4, -0.2) is 14.2 Å². The lowest BCUT2D eigenvalue weighted by Gasteiger charge is -2.42. The molecular formula is C17H27NO2. The van der Waals surface area contributed by atoms with Gasteiger partial charge in [-0.15, -0.1) is 0 Å². The second-order valence-corrected chi connectivity index (χ2v) is 6.47. The van der Waals surface area contributed by atoms with Crippen molar-refractivity contribution in [1.82, 2.24) is 0 Å². The largest absolute Gasteiger partial charge is 0.497 e. The third-order valence-electron chi connectivity index (χ3n) is 4.82. The zero-order valence-corrected chi connectivity index (χ0v) is 13.1. The van der Waals surface area contributed by atoms with E-state index in [0.717, 1.165) is 17.1 Å². The summed E-state index contributed by atoms with van der Waals surface area (Å²) in [5.74, 6) is 2.18. The molecule has 1 aliphatic rings.